The standard InChI is InChI=1S/C14H15BrN2/c15-12-6-7-14(13(16)10-12)17-9-8-11-4-2-1-3-5-11/h1-7,10,17H,8-9,16H2. The maximum Gasteiger partial charge on any atom is 0.0574 e. The molecule has 0 atom stereocenters. The molecule has 2 aromatic carbocycles. The van der Waals surface area contributed by atoms with Gasteiger partial charge in [0.15, 0.2) is 0 Å². The van der Waals surface area contributed by atoms with E-state index in [9.17, 15) is 0 Å². The van der Waals surface area contributed by atoms with Gasteiger partial charge in [0.05, 0.1) is 11.4 Å². The maximum absolute atomic E-state index is 5.91. The Kier molecular flexibility index (Phi) is 4.04. The lowest BCUT2D eigenvalue weighted by Gasteiger charge is -2.09. The van der Waals surface area contributed by atoms with E-state index in [1.165, 1.54) is 5.56 Å². The zero-order valence-corrected chi connectivity index (χ0v) is 11.1. The van der Waals surface area contributed by atoms with Crippen LogP contribution >= 0.6 is 15.9 Å². The Morgan fingerprint density at radius 1 is 1.06 bits per heavy atom. The molecule has 88 valence electrons. The Morgan fingerprint density at radius 3 is 2.53 bits per heavy atom. The number of halogens is 1. The van der Waals surface area contributed by atoms with Crippen molar-refractivity contribution in [3.05, 3.63) is 58.6 Å². The first kappa shape index (κ1) is 12.0. The lowest BCUT2D eigenvalue weighted by molar-refractivity contribution is 1.02. The highest BCUT2D eigenvalue weighted by molar-refractivity contribution is 9.10. The molecule has 0 spiro atoms. The minimum absolute atomic E-state index is 0.771. The second-order valence-electron chi connectivity index (χ2n) is 3.89. The van der Waals surface area contributed by atoms with Crippen molar-refractivity contribution < 1.29 is 0 Å². The van der Waals surface area contributed by atoms with E-state index in [1.807, 2.05) is 24.3 Å². The first-order valence-electron chi connectivity index (χ1n) is 5.58. The van der Waals surface area contributed by atoms with E-state index in [4.69, 9.17) is 5.73 Å². The Hall–Kier alpha value is -1.48. The van der Waals surface area contributed by atoms with Crippen molar-refractivity contribution in [3.63, 3.8) is 0 Å². The number of benzene rings is 2. The molecule has 0 unspecified atom stereocenters. The van der Waals surface area contributed by atoms with Crippen molar-refractivity contribution >= 4 is 27.3 Å². The monoisotopic (exact) mass is 290 g/mol. The fraction of sp³-hybridized carbons (Fsp3) is 0.143. The van der Waals surface area contributed by atoms with Gasteiger partial charge in [0.25, 0.3) is 0 Å². The quantitative estimate of drug-likeness (QED) is 0.843. The molecule has 2 aromatic rings. The minimum atomic E-state index is 0.771. The van der Waals surface area contributed by atoms with Crippen LogP contribution in [0.15, 0.2) is 53.0 Å². The van der Waals surface area contributed by atoms with Gasteiger partial charge < -0.3 is 11.1 Å². The summed E-state index contributed by atoms with van der Waals surface area (Å²) in [7, 11) is 0. The predicted molar refractivity (Wildman–Crippen MR) is 77.2 cm³/mol. The summed E-state index contributed by atoms with van der Waals surface area (Å²) >= 11 is 3.39. The summed E-state index contributed by atoms with van der Waals surface area (Å²) in [5.74, 6) is 0. The highest BCUT2D eigenvalue weighted by atomic mass is 79.9. The zero-order chi connectivity index (χ0) is 12.1. The molecule has 2 nitrogen and oxygen atoms in total. The summed E-state index contributed by atoms with van der Waals surface area (Å²) in [6.07, 6.45) is 0.996. The van der Waals surface area contributed by atoms with Crippen LogP contribution in [0.3, 0.4) is 0 Å². The molecule has 0 bridgehead atoms. The highest BCUT2D eigenvalue weighted by Gasteiger charge is 1.99. The predicted octanol–water partition coefficient (Wildman–Crippen LogP) is 3.69. The summed E-state index contributed by atoms with van der Waals surface area (Å²) in [4.78, 5) is 0. The van der Waals surface area contributed by atoms with Crippen molar-refractivity contribution in [3.8, 4) is 0 Å². The van der Waals surface area contributed by atoms with E-state index in [1.54, 1.807) is 0 Å². The molecule has 0 saturated carbocycles. The Bertz CT molecular complexity index is 483. The van der Waals surface area contributed by atoms with Crippen LogP contribution < -0.4 is 11.1 Å². The summed E-state index contributed by atoms with van der Waals surface area (Å²) in [5.41, 5.74) is 9.00. The molecule has 0 amide bonds. The van der Waals surface area contributed by atoms with Gasteiger partial charge in [0.1, 0.15) is 0 Å². The van der Waals surface area contributed by atoms with E-state index >= 15 is 0 Å². The van der Waals surface area contributed by atoms with Gasteiger partial charge in [0.2, 0.25) is 0 Å². The van der Waals surface area contributed by atoms with Crippen LogP contribution in [0.1, 0.15) is 5.56 Å². The first-order valence-corrected chi connectivity index (χ1v) is 6.38. The normalized spacial score (nSPS) is 10.2. The van der Waals surface area contributed by atoms with Gasteiger partial charge in [-0.05, 0) is 30.2 Å². The van der Waals surface area contributed by atoms with Crippen LogP contribution in [0, 0.1) is 0 Å². The lowest BCUT2D eigenvalue weighted by atomic mass is 10.1. The topological polar surface area (TPSA) is 38.0 Å². The van der Waals surface area contributed by atoms with Crippen LogP contribution in [-0.4, -0.2) is 6.54 Å². The van der Waals surface area contributed by atoms with Gasteiger partial charge >= 0.3 is 0 Å². The minimum Gasteiger partial charge on any atom is -0.397 e. The van der Waals surface area contributed by atoms with Gasteiger partial charge in [-0.2, -0.15) is 0 Å². The molecule has 0 fully saturated rings. The number of nitrogen functional groups attached to an aromatic ring is 1. The van der Waals surface area contributed by atoms with Crippen molar-refractivity contribution in [2.75, 3.05) is 17.6 Å². The smallest absolute Gasteiger partial charge is 0.0574 e. The molecule has 3 heteroatoms. The fourth-order valence-electron chi connectivity index (χ4n) is 1.68. The first-order chi connectivity index (χ1) is 8.25. The van der Waals surface area contributed by atoms with E-state index in [0.717, 1.165) is 28.8 Å². The summed E-state index contributed by atoms with van der Waals surface area (Å²) < 4.78 is 1.00. The number of hydrogen-bond acceptors (Lipinski definition) is 2. The molecule has 0 radical (unpaired) electrons. The van der Waals surface area contributed by atoms with Crippen LogP contribution in [0.25, 0.3) is 0 Å². The van der Waals surface area contributed by atoms with Crippen molar-refractivity contribution in [2.24, 2.45) is 0 Å². The largest absolute Gasteiger partial charge is 0.397 e. The number of nitrogens with one attached hydrogen (secondary N) is 1. The second-order valence-corrected chi connectivity index (χ2v) is 4.81. The summed E-state index contributed by atoms with van der Waals surface area (Å²) in [6.45, 7) is 0.885. The third-order valence-electron chi connectivity index (χ3n) is 2.59. The second kappa shape index (κ2) is 5.73. The molecule has 0 saturated heterocycles. The van der Waals surface area contributed by atoms with Gasteiger partial charge in [-0.15, -0.1) is 0 Å². The van der Waals surface area contributed by atoms with Crippen molar-refractivity contribution in [1.82, 2.24) is 0 Å². The molecule has 0 aliphatic carbocycles. The van der Waals surface area contributed by atoms with Crippen molar-refractivity contribution in [2.45, 2.75) is 6.42 Å². The fourth-order valence-corrected chi connectivity index (χ4v) is 2.06. The third kappa shape index (κ3) is 3.49. The number of rotatable bonds is 4. The molecule has 0 aromatic heterocycles. The average Bonchev–Trinajstić information content (AvgIpc) is 2.33. The van der Waals surface area contributed by atoms with Crippen LogP contribution in [0.2, 0.25) is 0 Å². The number of anilines is 2. The van der Waals surface area contributed by atoms with Crippen LogP contribution in [0.5, 0.6) is 0 Å². The number of hydrogen-bond donors (Lipinski definition) is 2. The Labute approximate surface area is 110 Å². The van der Waals surface area contributed by atoms with Crippen molar-refractivity contribution in [1.29, 1.82) is 0 Å². The van der Waals surface area contributed by atoms with Gasteiger partial charge in [-0.25, -0.2) is 0 Å². The summed E-state index contributed by atoms with van der Waals surface area (Å²) in [6, 6.07) is 16.3. The third-order valence-corrected chi connectivity index (χ3v) is 3.08. The highest BCUT2D eigenvalue weighted by Crippen LogP contribution is 2.22. The Balaban J connectivity index is 1.90. The van der Waals surface area contributed by atoms with Gasteiger partial charge in [-0.1, -0.05) is 46.3 Å². The van der Waals surface area contributed by atoms with Crippen LogP contribution in [0.4, 0.5) is 11.4 Å². The van der Waals surface area contributed by atoms with Gasteiger partial charge in [0, 0.05) is 11.0 Å². The zero-order valence-electron chi connectivity index (χ0n) is 9.49. The molecular weight excluding hydrogens is 276 g/mol. The molecule has 2 rings (SSSR count). The SMILES string of the molecule is Nc1cc(Br)ccc1NCCc1ccccc1. The number of nitrogens with two attached hydrogens (primary N) is 1. The molecule has 0 aliphatic heterocycles. The average molecular weight is 291 g/mol. The van der Waals surface area contributed by atoms with E-state index < -0.39 is 0 Å². The van der Waals surface area contributed by atoms with E-state index in [-0.39, 0.29) is 0 Å². The molecule has 3 N–H and O–H groups in total. The van der Waals surface area contributed by atoms with Crippen LogP contribution in [-0.2, 0) is 6.42 Å². The lowest BCUT2D eigenvalue weighted by Crippen LogP contribution is -2.06. The van der Waals surface area contributed by atoms with E-state index in [2.05, 4.69) is 45.5 Å². The Morgan fingerprint density at radius 2 is 1.82 bits per heavy atom. The molecule has 0 aliphatic rings. The van der Waals surface area contributed by atoms with Gasteiger partial charge in [-0.3, -0.25) is 0 Å². The van der Waals surface area contributed by atoms with E-state index in [0.29, 0.717) is 0 Å². The summed E-state index contributed by atoms with van der Waals surface area (Å²) in [5, 5.41) is 3.34. The molecule has 17 heavy (non-hydrogen) atoms. The molecule has 0 heterocycles. The maximum atomic E-state index is 5.91. The molecular formula is C14H15BrN2.